The molecule has 4 rings (SSSR count). The second-order valence-corrected chi connectivity index (χ2v) is 8.53. The van der Waals surface area contributed by atoms with Gasteiger partial charge in [0, 0.05) is 39.0 Å². The summed E-state index contributed by atoms with van der Waals surface area (Å²) in [4.78, 5) is 27.1. The molecule has 0 unspecified atom stereocenters. The summed E-state index contributed by atoms with van der Waals surface area (Å²) < 4.78 is 43.9. The number of phenols is 1. The van der Waals surface area contributed by atoms with Crippen LogP contribution >= 0.6 is 0 Å². The van der Waals surface area contributed by atoms with Gasteiger partial charge in [0.2, 0.25) is 0 Å². The van der Waals surface area contributed by atoms with Crippen molar-refractivity contribution in [3.05, 3.63) is 64.7 Å². The predicted molar refractivity (Wildman–Crippen MR) is 111 cm³/mol. The van der Waals surface area contributed by atoms with Crippen LogP contribution in [0.2, 0.25) is 0 Å². The molecule has 2 fully saturated rings. The van der Waals surface area contributed by atoms with E-state index in [-0.39, 0.29) is 17.9 Å². The van der Waals surface area contributed by atoms with Gasteiger partial charge >= 0.3 is 18.2 Å². The number of piperidine rings is 1. The number of nitrogens with zero attached hydrogens (tertiary/aromatic N) is 2. The Kier molecular flexibility index (Phi) is 5.96. The normalized spacial score (nSPS) is 18.5. The molecule has 2 aromatic rings. The van der Waals surface area contributed by atoms with Crippen LogP contribution in [-0.4, -0.2) is 57.3 Å². The minimum atomic E-state index is -4.36. The molecule has 1 amide bonds. The predicted octanol–water partition coefficient (Wildman–Crippen LogP) is 4.10. The van der Waals surface area contributed by atoms with Crippen molar-refractivity contribution < 1.29 is 37.7 Å². The smallest absolute Gasteiger partial charge is 0.416 e. The fourth-order valence-electron chi connectivity index (χ4n) is 4.33. The van der Waals surface area contributed by atoms with Gasteiger partial charge in [0.25, 0.3) is 0 Å². The van der Waals surface area contributed by atoms with Gasteiger partial charge in [0.05, 0.1) is 12.1 Å². The lowest BCUT2D eigenvalue weighted by Gasteiger charge is -2.37. The van der Waals surface area contributed by atoms with Crippen LogP contribution in [0.15, 0.2) is 42.5 Å². The number of likely N-dealkylation sites (tertiary alicyclic amines) is 1. The van der Waals surface area contributed by atoms with Gasteiger partial charge in [-0.1, -0.05) is 18.2 Å². The molecule has 1 spiro atoms. The molecule has 2 heterocycles. The Morgan fingerprint density at radius 2 is 1.67 bits per heavy atom. The molecule has 2 aromatic carbocycles. The highest BCUT2D eigenvalue weighted by atomic mass is 19.4. The number of carboxylic acids is 1. The quantitative estimate of drug-likeness (QED) is 0.693. The molecule has 33 heavy (non-hydrogen) atoms. The number of carbonyl (C=O) groups is 2. The number of carboxylic acid groups (broad SMARTS) is 1. The van der Waals surface area contributed by atoms with Crippen molar-refractivity contribution in [3.8, 4) is 5.75 Å². The van der Waals surface area contributed by atoms with Crippen molar-refractivity contribution in [2.75, 3.05) is 19.6 Å². The third kappa shape index (κ3) is 5.05. The van der Waals surface area contributed by atoms with Crippen LogP contribution in [0, 0.1) is 0 Å². The SMILES string of the molecule is O=C(O)c1ccc(CN2CC3(CCN(Cc4ccc(C(F)(F)F)cc4)CC3)OC2=O)cc1O. The Hall–Kier alpha value is -3.27. The monoisotopic (exact) mass is 464 g/mol. The number of amides is 1. The van der Waals surface area contributed by atoms with Gasteiger partial charge in [-0.25, -0.2) is 9.59 Å². The van der Waals surface area contributed by atoms with E-state index in [9.17, 15) is 27.9 Å². The van der Waals surface area contributed by atoms with E-state index in [2.05, 4.69) is 4.90 Å². The van der Waals surface area contributed by atoms with E-state index in [1.165, 1.54) is 29.2 Å². The van der Waals surface area contributed by atoms with Crippen LogP contribution < -0.4 is 0 Å². The number of hydrogen-bond acceptors (Lipinski definition) is 5. The average Bonchev–Trinajstić information content (AvgIpc) is 3.04. The van der Waals surface area contributed by atoms with E-state index < -0.39 is 29.4 Å². The number of rotatable bonds is 5. The summed E-state index contributed by atoms with van der Waals surface area (Å²) in [5.41, 5.74) is -0.135. The molecular formula is C23H23F3N2O5. The molecule has 0 aromatic heterocycles. The van der Waals surface area contributed by atoms with Gasteiger partial charge in [0.15, 0.2) is 0 Å². The molecule has 0 saturated carbocycles. The molecule has 2 saturated heterocycles. The number of aromatic carboxylic acids is 1. The molecule has 0 aliphatic carbocycles. The summed E-state index contributed by atoms with van der Waals surface area (Å²) in [5.74, 6) is -1.60. The topological polar surface area (TPSA) is 90.3 Å². The summed E-state index contributed by atoms with van der Waals surface area (Å²) in [6.07, 6.45) is -3.63. The summed E-state index contributed by atoms with van der Waals surface area (Å²) >= 11 is 0. The molecule has 2 aliphatic rings. The number of hydrogen-bond donors (Lipinski definition) is 2. The first kappa shape index (κ1) is 22.9. The van der Waals surface area contributed by atoms with Gasteiger partial charge < -0.3 is 14.9 Å². The zero-order chi connectivity index (χ0) is 23.8. The van der Waals surface area contributed by atoms with Gasteiger partial charge in [-0.3, -0.25) is 9.80 Å². The first-order valence-corrected chi connectivity index (χ1v) is 10.5. The minimum absolute atomic E-state index is 0.184. The average molecular weight is 464 g/mol. The lowest BCUT2D eigenvalue weighted by Crippen LogP contribution is -2.46. The van der Waals surface area contributed by atoms with E-state index in [4.69, 9.17) is 9.84 Å². The highest BCUT2D eigenvalue weighted by molar-refractivity contribution is 5.90. The van der Waals surface area contributed by atoms with Crippen molar-refractivity contribution in [1.29, 1.82) is 0 Å². The minimum Gasteiger partial charge on any atom is -0.507 e. The maximum Gasteiger partial charge on any atom is 0.416 e. The van der Waals surface area contributed by atoms with Gasteiger partial charge in [-0.15, -0.1) is 0 Å². The highest BCUT2D eigenvalue weighted by Crippen LogP contribution is 2.35. The summed E-state index contributed by atoms with van der Waals surface area (Å²) in [5, 5.41) is 18.9. The number of halogens is 3. The van der Waals surface area contributed by atoms with Crippen LogP contribution in [0.3, 0.4) is 0 Å². The van der Waals surface area contributed by atoms with E-state index in [1.54, 1.807) is 6.07 Å². The fraction of sp³-hybridized carbons (Fsp3) is 0.391. The van der Waals surface area contributed by atoms with Crippen molar-refractivity contribution in [2.45, 2.75) is 37.7 Å². The molecule has 7 nitrogen and oxygen atoms in total. The van der Waals surface area contributed by atoms with E-state index >= 15 is 0 Å². The maximum absolute atomic E-state index is 12.7. The number of alkyl halides is 3. The lowest BCUT2D eigenvalue weighted by molar-refractivity contribution is -0.137. The number of benzene rings is 2. The van der Waals surface area contributed by atoms with Crippen LogP contribution in [0.4, 0.5) is 18.0 Å². The third-order valence-corrected chi connectivity index (χ3v) is 6.16. The van der Waals surface area contributed by atoms with Gasteiger partial charge in [-0.05, 0) is 35.4 Å². The Bertz CT molecular complexity index is 1050. The van der Waals surface area contributed by atoms with Gasteiger partial charge in [0.1, 0.15) is 16.9 Å². The Balaban J connectivity index is 1.33. The summed E-state index contributed by atoms with van der Waals surface area (Å²) in [6, 6.07) is 9.30. The Morgan fingerprint density at radius 1 is 1.03 bits per heavy atom. The summed E-state index contributed by atoms with van der Waals surface area (Å²) in [7, 11) is 0. The second-order valence-electron chi connectivity index (χ2n) is 8.53. The van der Waals surface area contributed by atoms with Crippen molar-refractivity contribution in [3.63, 3.8) is 0 Å². The molecule has 2 aliphatic heterocycles. The number of carbonyl (C=O) groups excluding carboxylic acids is 1. The number of ether oxygens (including phenoxy) is 1. The zero-order valence-corrected chi connectivity index (χ0v) is 17.6. The van der Waals surface area contributed by atoms with E-state index in [0.717, 1.165) is 17.7 Å². The van der Waals surface area contributed by atoms with Crippen LogP contribution in [0.5, 0.6) is 5.75 Å². The van der Waals surface area contributed by atoms with Crippen molar-refractivity contribution >= 4 is 12.1 Å². The summed E-state index contributed by atoms with van der Waals surface area (Å²) in [6.45, 7) is 2.35. The molecule has 2 N–H and O–H groups in total. The van der Waals surface area contributed by atoms with Crippen LogP contribution in [-0.2, 0) is 24.0 Å². The Labute approximate surface area is 188 Å². The molecule has 176 valence electrons. The van der Waals surface area contributed by atoms with Crippen LogP contribution in [0.1, 0.15) is 39.9 Å². The first-order valence-electron chi connectivity index (χ1n) is 10.5. The molecule has 0 bridgehead atoms. The molecule has 0 atom stereocenters. The molecule has 10 heteroatoms. The molecular weight excluding hydrogens is 441 g/mol. The Morgan fingerprint density at radius 3 is 2.24 bits per heavy atom. The lowest BCUT2D eigenvalue weighted by atomic mass is 9.91. The van der Waals surface area contributed by atoms with Crippen molar-refractivity contribution in [2.24, 2.45) is 0 Å². The first-order chi connectivity index (χ1) is 15.5. The second kappa shape index (κ2) is 8.58. The maximum atomic E-state index is 12.7. The van der Waals surface area contributed by atoms with Gasteiger partial charge in [-0.2, -0.15) is 13.2 Å². The van der Waals surface area contributed by atoms with E-state index in [0.29, 0.717) is 44.6 Å². The highest BCUT2D eigenvalue weighted by Gasteiger charge is 2.46. The van der Waals surface area contributed by atoms with Crippen molar-refractivity contribution in [1.82, 2.24) is 9.80 Å². The fourth-order valence-corrected chi connectivity index (χ4v) is 4.33. The standard InChI is InChI=1S/C23H23F3N2O5/c24-23(25,26)17-4-1-15(2-5-17)12-27-9-7-22(8-10-27)14-28(21(32)33-22)13-16-3-6-18(20(30)31)19(29)11-16/h1-6,11,29H,7-10,12-14H2,(H,30,31). The van der Waals surface area contributed by atoms with E-state index in [1.807, 2.05) is 0 Å². The third-order valence-electron chi connectivity index (χ3n) is 6.16. The van der Waals surface area contributed by atoms with Crippen LogP contribution in [0.25, 0.3) is 0 Å². The largest absolute Gasteiger partial charge is 0.507 e. The molecule has 0 radical (unpaired) electrons. The number of aromatic hydroxyl groups is 1. The zero-order valence-electron chi connectivity index (χ0n) is 17.6.